The third-order valence-electron chi connectivity index (χ3n) is 8.03. The Kier molecular flexibility index (Phi) is 10.4. The van der Waals surface area contributed by atoms with Gasteiger partial charge < -0.3 is 15.4 Å². The van der Waals surface area contributed by atoms with Gasteiger partial charge in [-0.25, -0.2) is 4.79 Å². The lowest BCUT2D eigenvalue weighted by atomic mass is 9.83. The second kappa shape index (κ2) is 15.0. The Morgan fingerprint density at radius 3 is 2.40 bits per heavy atom. The van der Waals surface area contributed by atoms with Gasteiger partial charge in [0.2, 0.25) is 5.91 Å². The summed E-state index contributed by atoms with van der Waals surface area (Å²) in [6.45, 7) is 2.03. The van der Waals surface area contributed by atoms with Crippen LogP contribution < -0.4 is 10.6 Å². The number of thiophene rings is 1. The molecule has 1 heterocycles. The standard InChI is InChI=1S/C38H33ClN2O4S2/c1-2-45-38(44)33-31-20-19-26(24-11-5-3-6-12-24)22-32(31)47-37(33)41-36(43)34(25-13-7-4-8-14-25)46-30-18-10-17-29(23-30)40-35(42)27-15-9-16-28(39)21-27/h3-18,21,23,26,34H,2,19-20,22H2,1H3,(H,40,42)(H,41,43). The number of carbonyl (C=O) groups is 3. The van der Waals surface area contributed by atoms with E-state index in [1.165, 1.54) is 28.7 Å². The van der Waals surface area contributed by atoms with Crippen molar-refractivity contribution in [1.82, 2.24) is 0 Å². The first-order chi connectivity index (χ1) is 22.9. The minimum Gasteiger partial charge on any atom is -0.462 e. The maximum absolute atomic E-state index is 14.2. The summed E-state index contributed by atoms with van der Waals surface area (Å²) in [7, 11) is 0. The van der Waals surface area contributed by atoms with E-state index in [0.717, 1.165) is 40.2 Å². The van der Waals surface area contributed by atoms with Gasteiger partial charge >= 0.3 is 5.97 Å². The Labute approximate surface area is 287 Å². The van der Waals surface area contributed by atoms with Crippen LogP contribution in [0.2, 0.25) is 5.02 Å². The van der Waals surface area contributed by atoms with Gasteiger partial charge in [-0.2, -0.15) is 0 Å². The van der Waals surface area contributed by atoms with Crippen LogP contribution >= 0.6 is 34.7 Å². The fourth-order valence-corrected chi connectivity index (χ4v) is 8.39. The van der Waals surface area contributed by atoms with Crippen LogP contribution in [0.25, 0.3) is 0 Å². The van der Waals surface area contributed by atoms with Gasteiger partial charge in [0.1, 0.15) is 10.3 Å². The van der Waals surface area contributed by atoms with Gasteiger partial charge in [-0.3, -0.25) is 9.59 Å². The number of benzene rings is 4. The molecule has 5 aromatic rings. The zero-order valence-corrected chi connectivity index (χ0v) is 28.1. The Hall–Kier alpha value is -4.37. The molecule has 0 spiro atoms. The minimum absolute atomic E-state index is 0.246. The van der Waals surface area contributed by atoms with Gasteiger partial charge in [-0.1, -0.05) is 84.4 Å². The fraction of sp³-hybridized carbons (Fsp3) is 0.184. The Bertz CT molecular complexity index is 1890. The van der Waals surface area contributed by atoms with Crippen molar-refractivity contribution in [3.63, 3.8) is 0 Å². The maximum Gasteiger partial charge on any atom is 0.341 e. The highest BCUT2D eigenvalue weighted by molar-refractivity contribution is 8.00. The third-order valence-corrected chi connectivity index (χ3v) is 10.7. The van der Waals surface area contributed by atoms with Crippen LogP contribution in [0.3, 0.4) is 0 Å². The molecular formula is C38H33ClN2O4S2. The number of carbonyl (C=O) groups excluding carboxylic acids is 3. The van der Waals surface area contributed by atoms with Crippen LogP contribution in [-0.4, -0.2) is 24.4 Å². The summed E-state index contributed by atoms with van der Waals surface area (Å²) in [6, 6.07) is 34.1. The van der Waals surface area contributed by atoms with Crippen LogP contribution in [0.1, 0.15) is 66.8 Å². The van der Waals surface area contributed by atoms with Gasteiger partial charge in [0.15, 0.2) is 0 Å². The molecule has 1 aromatic heterocycles. The largest absolute Gasteiger partial charge is 0.462 e. The molecule has 9 heteroatoms. The van der Waals surface area contributed by atoms with E-state index >= 15 is 0 Å². The molecule has 0 radical (unpaired) electrons. The smallest absolute Gasteiger partial charge is 0.341 e. The van der Waals surface area contributed by atoms with E-state index in [0.29, 0.717) is 32.8 Å². The lowest BCUT2D eigenvalue weighted by Crippen LogP contribution is -2.20. The average molecular weight is 681 g/mol. The molecule has 0 bridgehead atoms. The Morgan fingerprint density at radius 2 is 1.66 bits per heavy atom. The molecule has 238 valence electrons. The van der Waals surface area contributed by atoms with Crippen molar-refractivity contribution < 1.29 is 19.1 Å². The van der Waals surface area contributed by atoms with Crippen molar-refractivity contribution in [3.8, 4) is 0 Å². The molecule has 2 atom stereocenters. The van der Waals surface area contributed by atoms with Gasteiger partial charge in [0.05, 0.1) is 12.2 Å². The number of hydrogen-bond acceptors (Lipinski definition) is 6. The van der Waals surface area contributed by atoms with E-state index in [-0.39, 0.29) is 18.4 Å². The lowest BCUT2D eigenvalue weighted by molar-refractivity contribution is -0.115. The van der Waals surface area contributed by atoms with Crippen molar-refractivity contribution >= 4 is 63.2 Å². The molecule has 1 aliphatic rings. The first-order valence-electron chi connectivity index (χ1n) is 15.5. The predicted molar refractivity (Wildman–Crippen MR) is 191 cm³/mol. The molecule has 2 N–H and O–H groups in total. The normalized spacial score (nSPS) is 14.5. The number of fused-ring (bicyclic) bond motifs is 1. The highest BCUT2D eigenvalue weighted by Gasteiger charge is 2.32. The van der Waals surface area contributed by atoms with Gasteiger partial charge in [0.25, 0.3) is 5.91 Å². The SMILES string of the molecule is CCOC(=O)c1c(NC(=O)C(Sc2cccc(NC(=O)c3cccc(Cl)c3)c2)c2ccccc2)sc2c1CCC(c1ccccc1)C2. The summed E-state index contributed by atoms with van der Waals surface area (Å²) < 4.78 is 5.48. The number of thioether (sulfide) groups is 1. The number of esters is 1. The van der Waals surface area contributed by atoms with Crippen LogP contribution in [0.15, 0.2) is 114 Å². The van der Waals surface area contributed by atoms with Crippen LogP contribution in [0.4, 0.5) is 10.7 Å². The van der Waals surface area contributed by atoms with Gasteiger partial charge in [-0.15, -0.1) is 23.1 Å². The molecule has 1 aliphatic carbocycles. The molecule has 0 saturated heterocycles. The van der Waals surface area contributed by atoms with E-state index in [9.17, 15) is 14.4 Å². The Balaban J connectivity index is 1.26. The molecule has 2 amide bonds. The zero-order valence-electron chi connectivity index (χ0n) is 25.7. The minimum atomic E-state index is -0.638. The van der Waals surface area contributed by atoms with Crippen molar-refractivity contribution in [2.24, 2.45) is 0 Å². The molecule has 0 aliphatic heterocycles. The first kappa shape index (κ1) is 32.6. The van der Waals surface area contributed by atoms with E-state index < -0.39 is 11.2 Å². The van der Waals surface area contributed by atoms with E-state index in [4.69, 9.17) is 16.3 Å². The van der Waals surface area contributed by atoms with Crippen LogP contribution in [0.5, 0.6) is 0 Å². The summed E-state index contributed by atoms with van der Waals surface area (Å²) >= 11 is 8.92. The van der Waals surface area contributed by atoms with Gasteiger partial charge in [-0.05, 0) is 85.2 Å². The van der Waals surface area contributed by atoms with Crippen molar-refractivity contribution in [3.05, 3.63) is 147 Å². The summed E-state index contributed by atoms with van der Waals surface area (Å²) in [5.41, 5.74) is 4.57. The molecule has 47 heavy (non-hydrogen) atoms. The quantitative estimate of drug-likeness (QED) is 0.113. The van der Waals surface area contributed by atoms with E-state index in [1.807, 2.05) is 54.6 Å². The number of anilines is 2. The number of hydrogen-bond donors (Lipinski definition) is 2. The summed E-state index contributed by atoms with van der Waals surface area (Å²) in [4.78, 5) is 42.2. The molecule has 6 rings (SSSR count). The number of rotatable bonds is 10. The van der Waals surface area contributed by atoms with Crippen LogP contribution in [0, 0.1) is 0 Å². The number of ether oxygens (including phenoxy) is 1. The first-order valence-corrected chi connectivity index (χ1v) is 17.5. The number of halogens is 1. The topological polar surface area (TPSA) is 84.5 Å². The second-order valence-corrected chi connectivity index (χ2v) is 13.9. The predicted octanol–water partition coefficient (Wildman–Crippen LogP) is 9.58. The van der Waals surface area contributed by atoms with E-state index in [2.05, 4.69) is 34.9 Å². The summed E-state index contributed by atoms with van der Waals surface area (Å²) in [5, 5.41) is 6.42. The third kappa shape index (κ3) is 7.79. The molecule has 0 fully saturated rings. The van der Waals surface area contributed by atoms with Crippen molar-refractivity contribution in [1.29, 1.82) is 0 Å². The monoisotopic (exact) mass is 680 g/mol. The summed E-state index contributed by atoms with van der Waals surface area (Å²) in [5.74, 6) is -0.598. The highest BCUT2D eigenvalue weighted by atomic mass is 35.5. The van der Waals surface area contributed by atoms with Crippen molar-refractivity contribution in [2.75, 3.05) is 17.2 Å². The number of amides is 2. The molecule has 0 saturated carbocycles. The number of nitrogens with one attached hydrogen (secondary N) is 2. The molecule has 2 unspecified atom stereocenters. The fourth-order valence-electron chi connectivity index (χ4n) is 5.80. The van der Waals surface area contributed by atoms with Gasteiger partial charge in [0, 0.05) is 26.0 Å². The van der Waals surface area contributed by atoms with Crippen LogP contribution in [-0.2, 0) is 22.4 Å². The van der Waals surface area contributed by atoms with Crippen molar-refractivity contribution in [2.45, 2.75) is 42.2 Å². The average Bonchev–Trinajstić information content (AvgIpc) is 3.45. The zero-order chi connectivity index (χ0) is 32.8. The Morgan fingerprint density at radius 1 is 0.915 bits per heavy atom. The molecule has 6 nitrogen and oxygen atoms in total. The molecule has 4 aromatic carbocycles. The van der Waals surface area contributed by atoms with E-state index in [1.54, 1.807) is 37.3 Å². The maximum atomic E-state index is 14.2. The summed E-state index contributed by atoms with van der Waals surface area (Å²) in [6.07, 6.45) is 2.46. The lowest BCUT2D eigenvalue weighted by Gasteiger charge is -2.23. The second-order valence-electron chi connectivity index (χ2n) is 11.2. The molecular weight excluding hydrogens is 648 g/mol. The highest BCUT2D eigenvalue weighted by Crippen LogP contribution is 2.44.